The topological polar surface area (TPSA) is 70.9 Å². The Morgan fingerprint density at radius 2 is 2.05 bits per heavy atom. The first kappa shape index (κ1) is 18.0. The Morgan fingerprint density at radius 3 is 2.77 bits per heavy atom. The van der Waals surface area contributed by atoms with E-state index in [4.69, 9.17) is 4.74 Å². The van der Waals surface area contributed by atoms with Gasteiger partial charge >= 0.3 is 0 Å². The van der Waals surface area contributed by atoms with Crippen LogP contribution in [0.25, 0.3) is 0 Å². The number of phenolic OH excluding ortho intramolecular Hbond substituents is 1. The average Bonchev–Trinajstić information content (AvgIpc) is 2.50. The molecule has 0 aliphatic heterocycles. The van der Waals surface area contributed by atoms with Gasteiger partial charge in [0.05, 0.1) is 12.8 Å². The van der Waals surface area contributed by atoms with Crippen LogP contribution in [0.2, 0.25) is 0 Å². The molecular weight excluding hydrogens is 280 g/mol. The van der Waals surface area contributed by atoms with Crippen molar-refractivity contribution in [3.8, 4) is 11.5 Å². The molecule has 0 unspecified atom stereocenters. The van der Waals surface area contributed by atoms with E-state index in [1.165, 1.54) is 25.5 Å². The molecule has 5 nitrogen and oxygen atoms in total. The largest absolute Gasteiger partial charge is 0.504 e. The molecule has 0 bridgehead atoms. The highest BCUT2D eigenvalue weighted by Crippen LogP contribution is 2.26. The number of carbonyl (C=O) groups excluding carboxylic acids is 1. The van der Waals surface area contributed by atoms with Gasteiger partial charge in [0, 0.05) is 6.42 Å². The first-order chi connectivity index (χ1) is 10.7. The third kappa shape index (κ3) is 7.11. The molecule has 2 N–H and O–H groups in total. The molecule has 0 aliphatic rings. The molecule has 5 heteroatoms. The van der Waals surface area contributed by atoms with Gasteiger partial charge in [-0.2, -0.15) is 5.10 Å². The summed E-state index contributed by atoms with van der Waals surface area (Å²) in [6.07, 6.45) is 7.63. The van der Waals surface area contributed by atoms with Crippen molar-refractivity contribution >= 4 is 12.1 Å². The van der Waals surface area contributed by atoms with Gasteiger partial charge in [-0.05, 0) is 37.1 Å². The van der Waals surface area contributed by atoms with Crippen LogP contribution in [-0.4, -0.2) is 23.8 Å². The number of phenols is 1. The van der Waals surface area contributed by atoms with Gasteiger partial charge in [0.2, 0.25) is 5.91 Å². The Balaban J connectivity index is 2.35. The summed E-state index contributed by atoms with van der Waals surface area (Å²) in [6, 6.07) is 4.93. The maximum atomic E-state index is 11.6. The number of rotatable bonds is 10. The number of amides is 1. The van der Waals surface area contributed by atoms with Gasteiger partial charge in [-0.25, -0.2) is 5.43 Å². The molecule has 0 radical (unpaired) electrons. The Labute approximate surface area is 132 Å². The molecule has 122 valence electrons. The van der Waals surface area contributed by atoms with E-state index in [0.717, 1.165) is 18.4 Å². The maximum absolute atomic E-state index is 11.6. The first-order valence-corrected chi connectivity index (χ1v) is 7.95. The van der Waals surface area contributed by atoms with E-state index in [2.05, 4.69) is 17.5 Å². The number of benzene rings is 1. The summed E-state index contributed by atoms with van der Waals surface area (Å²) in [5, 5.41) is 13.5. The minimum Gasteiger partial charge on any atom is -0.504 e. The van der Waals surface area contributed by atoms with Crippen LogP contribution in [0.3, 0.4) is 0 Å². The van der Waals surface area contributed by atoms with E-state index < -0.39 is 0 Å². The molecule has 0 spiro atoms. The van der Waals surface area contributed by atoms with Crippen LogP contribution in [0.5, 0.6) is 11.5 Å². The number of carbonyl (C=O) groups is 1. The van der Waals surface area contributed by atoms with Crippen LogP contribution in [0.4, 0.5) is 0 Å². The zero-order chi connectivity index (χ0) is 16.2. The van der Waals surface area contributed by atoms with E-state index in [0.29, 0.717) is 18.8 Å². The van der Waals surface area contributed by atoms with Crippen LogP contribution in [-0.2, 0) is 4.79 Å². The molecule has 1 aromatic carbocycles. The van der Waals surface area contributed by atoms with Gasteiger partial charge in [0.15, 0.2) is 11.5 Å². The smallest absolute Gasteiger partial charge is 0.240 e. The van der Waals surface area contributed by atoms with Gasteiger partial charge in [-0.1, -0.05) is 32.6 Å². The quantitative estimate of drug-likeness (QED) is 0.394. The summed E-state index contributed by atoms with van der Waals surface area (Å²) in [6.45, 7) is 4.49. The molecular formula is C17H26N2O3. The Morgan fingerprint density at radius 1 is 1.27 bits per heavy atom. The molecule has 1 amide bonds. The van der Waals surface area contributed by atoms with Crippen LogP contribution in [0, 0.1) is 0 Å². The molecule has 0 saturated heterocycles. The molecule has 1 aromatic rings. The first-order valence-electron chi connectivity index (χ1n) is 7.95. The van der Waals surface area contributed by atoms with Crippen molar-refractivity contribution in [2.24, 2.45) is 5.10 Å². The zero-order valence-electron chi connectivity index (χ0n) is 13.5. The highest BCUT2D eigenvalue weighted by Gasteiger charge is 2.02. The SMILES string of the molecule is CCCCCCCC(=O)N/N=C/c1ccc(O)c(OCC)c1. The second kappa shape index (κ2) is 10.7. The van der Waals surface area contributed by atoms with Gasteiger partial charge in [0.25, 0.3) is 0 Å². The van der Waals surface area contributed by atoms with Gasteiger partial charge in [-0.3, -0.25) is 4.79 Å². The third-order valence-electron chi connectivity index (χ3n) is 3.19. The number of unbranched alkanes of at least 4 members (excludes halogenated alkanes) is 4. The fourth-order valence-corrected chi connectivity index (χ4v) is 2.01. The predicted molar refractivity (Wildman–Crippen MR) is 88.4 cm³/mol. The van der Waals surface area contributed by atoms with E-state index in [1.54, 1.807) is 18.2 Å². The summed E-state index contributed by atoms with van der Waals surface area (Å²) in [5.41, 5.74) is 3.27. The Hall–Kier alpha value is -2.04. The monoisotopic (exact) mass is 306 g/mol. The van der Waals surface area contributed by atoms with Gasteiger partial charge in [0.1, 0.15) is 0 Å². The van der Waals surface area contributed by atoms with Crippen molar-refractivity contribution in [1.82, 2.24) is 5.43 Å². The molecule has 1 rings (SSSR count). The second-order valence-electron chi connectivity index (χ2n) is 5.12. The molecule has 22 heavy (non-hydrogen) atoms. The number of hydrazone groups is 1. The standard InChI is InChI=1S/C17H26N2O3/c1-3-5-6-7-8-9-17(21)19-18-13-14-10-11-15(20)16(12-14)22-4-2/h10-13,20H,3-9H2,1-2H3,(H,19,21)/b18-13+. The summed E-state index contributed by atoms with van der Waals surface area (Å²) >= 11 is 0. The molecule has 0 atom stereocenters. The van der Waals surface area contributed by atoms with E-state index in [9.17, 15) is 9.90 Å². The second-order valence-corrected chi connectivity index (χ2v) is 5.12. The maximum Gasteiger partial charge on any atom is 0.240 e. The number of nitrogens with zero attached hydrogens (tertiary/aromatic N) is 1. The lowest BCUT2D eigenvalue weighted by atomic mass is 10.1. The number of hydrogen-bond donors (Lipinski definition) is 2. The van der Waals surface area contributed by atoms with Crippen LogP contribution in [0.15, 0.2) is 23.3 Å². The predicted octanol–water partition coefficient (Wildman–Crippen LogP) is 3.60. The molecule has 0 aromatic heterocycles. The molecule has 0 aliphatic carbocycles. The lowest BCUT2D eigenvalue weighted by Gasteiger charge is -2.06. The average molecular weight is 306 g/mol. The van der Waals surface area contributed by atoms with Crippen molar-refractivity contribution < 1.29 is 14.6 Å². The molecule has 0 heterocycles. The lowest BCUT2D eigenvalue weighted by molar-refractivity contribution is -0.121. The molecule has 0 saturated carbocycles. The van der Waals surface area contributed by atoms with Crippen molar-refractivity contribution in [3.63, 3.8) is 0 Å². The Kier molecular flexibility index (Phi) is 8.72. The van der Waals surface area contributed by atoms with Crippen molar-refractivity contribution in [1.29, 1.82) is 0 Å². The summed E-state index contributed by atoms with van der Waals surface area (Å²) in [5.74, 6) is 0.431. The van der Waals surface area contributed by atoms with Gasteiger partial charge < -0.3 is 9.84 Å². The Bertz CT molecular complexity index is 487. The summed E-state index contributed by atoms with van der Waals surface area (Å²) in [7, 11) is 0. The normalized spacial score (nSPS) is 10.8. The van der Waals surface area contributed by atoms with E-state index in [1.807, 2.05) is 6.92 Å². The van der Waals surface area contributed by atoms with Gasteiger partial charge in [-0.15, -0.1) is 0 Å². The summed E-state index contributed by atoms with van der Waals surface area (Å²) in [4.78, 5) is 11.6. The molecule has 0 fully saturated rings. The fourth-order valence-electron chi connectivity index (χ4n) is 2.01. The number of aromatic hydroxyl groups is 1. The number of hydrogen-bond acceptors (Lipinski definition) is 4. The third-order valence-corrected chi connectivity index (χ3v) is 3.19. The lowest BCUT2D eigenvalue weighted by Crippen LogP contribution is -2.16. The van der Waals surface area contributed by atoms with Crippen LogP contribution in [0.1, 0.15) is 57.9 Å². The number of ether oxygens (including phenoxy) is 1. The van der Waals surface area contributed by atoms with E-state index in [-0.39, 0.29) is 11.7 Å². The fraction of sp³-hybridized carbons (Fsp3) is 0.529. The highest BCUT2D eigenvalue weighted by molar-refractivity contribution is 5.83. The van der Waals surface area contributed by atoms with Crippen LogP contribution >= 0.6 is 0 Å². The highest BCUT2D eigenvalue weighted by atomic mass is 16.5. The number of nitrogens with one attached hydrogen (secondary N) is 1. The van der Waals surface area contributed by atoms with E-state index >= 15 is 0 Å². The zero-order valence-corrected chi connectivity index (χ0v) is 13.5. The van der Waals surface area contributed by atoms with Crippen molar-refractivity contribution in [2.75, 3.05) is 6.61 Å². The minimum absolute atomic E-state index is 0.0726. The summed E-state index contributed by atoms with van der Waals surface area (Å²) < 4.78 is 5.29. The van der Waals surface area contributed by atoms with Crippen LogP contribution < -0.4 is 10.2 Å². The van der Waals surface area contributed by atoms with Crippen molar-refractivity contribution in [2.45, 2.75) is 52.4 Å². The van der Waals surface area contributed by atoms with Crippen molar-refractivity contribution in [3.05, 3.63) is 23.8 Å². The minimum atomic E-state index is -0.0726.